The molecule has 126 valence electrons. The van der Waals surface area contributed by atoms with E-state index in [2.05, 4.69) is 5.32 Å². The van der Waals surface area contributed by atoms with Crippen LogP contribution >= 0.6 is 11.6 Å². The average molecular weight is 347 g/mol. The monoisotopic (exact) mass is 346 g/mol. The Bertz CT molecular complexity index is 708. The van der Waals surface area contributed by atoms with Gasteiger partial charge in [0.2, 0.25) is 5.91 Å². The number of nitrogens with zero attached hydrogens (tertiary/aromatic N) is 1. The Morgan fingerprint density at radius 1 is 1.25 bits per heavy atom. The molecule has 5 nitrogen and oxygen atoms in total. The molecule has 0 spiro atoms. The molecule has 0 atom stereocenters. The summed E-state index contributed by atoms with van der Waals surface area (Å²) in [5.74, 6) is 1.47. The van der Waals surface area contributed by atoms with E-state index < -0.39 is 0 Å². The number of amides is 1. The molecule has 0 fully saturated rings. The highest BCUT2D eigenvalue weighted by molar-refractivity contribution is 6.30. The predicted molar refractivity (Wildman–Crippen MR) is 94.1 cm³/mol. The van der Waals surface area contributed by atoms with Crippen LogP contribution in [0.15, 0.2) is 48.5 Å². The van der Waals surface area contributed by atoms with E-state index in [-0.39, 0.29) is 5.91 Å². The Morgan fingerprint density at radius 2 is 2.12 bits per heavy atom. The Morgan fingerprint density at radius 3 is 3.00 bits per heavy atom. The van der Waals surface area contributed by atoms with Crippen molar-refractivity contribution in [1.29, 1.82) is 0 Å². The van der Waals surface area contributed by atoms with Crippen LogP contribution in [0.25, 0.3) is 0 Å². The van der Waals surface area contributed by atoms with E-state index in [4.69, 9.17) is 21.1 Å². The maximum absolute atomic E-state index is 12.1. The summed E-state index contributed by atoms with van der Waals surface area (Å²) in [4.78, 5) is 14.1. The minimum atomic E-state index is -0.0404. The Labute approximate surface area is 146 Å². The minimum absolute atomic E-state index is 0.0404. The summed E-state index contributed by atoms with van der Waals surface area (Å²) in [6.07, 6.45) is 0. The quantitative estimate of drug-likeness (QED) is 0.817. The maximum atomic E-state index is 12.1. The second kappa shape index (κ2) is 7.93. The molecule has 6 heteroatoms. The first-order chi connectivity index (χ1) is 11.7. The SMILES string of the molecule is O=C(CN1CCOc2ccccc21)NCCOc1cccc(Cl)c1. The van der Waals surface area contributed by atoms with Crippen LogP contribution in [-0.4, -0.2) is 38.8 Å². The number of fused-ring (bicyclic) bond motifs is 1. The first kappa shape index (κ1) is 16.5. The lowest BCUT2D eigenvalue weighted by molar-refractivity contribution is -0.119. The molecule has 0 radical (unpaired) electrons. The van der Waals surface area contributed by atoms with Crippen molar-refractivity contribution >= 4 is 23.2 Å². The highest BCUT2D eigenvalue weighted by Gasteiger charge is 2.19. The number of hydrogen-bond acceptors (Lipinski definition) is 4. The molecule has 2 aromatic rings. The van der Waals surface area contributed by atoms with Gasteiger partial charge in [0.25, 0.3) is 0 Å². The second-order valence-corrected chi connectivity index (χ2v) is 5.83. The van der Waals surface area contributed by atoms with Gasteiger partial charge in [0, 0.05) is 5.02 Å². The van der Waals surface area contributed by atoms with Gasteiger partial charge in [-0.3, -0.25) is 4.79 Å². The number of carbonyl (C=O) groups is 1. The fourth-order valence-electron chi connectivity index (χ4n) is 2.54. The fourth-order valence-corrected chi connectivity index (χ4v) is 2.72. The molecule has 2 aromatic carbocycles. The number of ether oxygens (including phenoxy) is 2. The van der Waals surface area contributed by atoms with Gasteiger partial charge in [-0.15, -0.1) is 0 Å². The minimum Gasteiger partial charge on any atom is -0.492 e. The summed E-state index contributed by atoms with van der Waals surface area (Å²) < 4.78 is 11.1. The number of nitrogens with one attached hydrogen (secondary N) is 1. The Hall–Kier alpha value is -2.40. The van der Waals surface area contributed by atoms with Gasteiger partial charge >= 0.3 is 0 Å². The number of rotatable bonds is 6. The molecule has 3 rings (SSSR count). The summed E-state index contributed by atoms with van der Waals surface area (Å²) in [6, 6.07) is 14.9. The molecule has 0 unspecified atom stereocenters. The third-order valence-corrected chi connectivity index (χ3v) is 3.88. The molecule has 1 N–H and O–H groups in total. The first-order valence-corrected chi connectivity index (χ1v) is 8.22. The van der Waals surface area contributed by atoms with Crippen LogP contribution in [0.1, 0.15) is 0 Å². The van der Waals surface area contributed by atoms with E-state index in [1.54, 1.807) is 12.1 Å². The topological polar surface area (TPSA) is 50.8 Å². The molecule has 1 aliphatic rings. The number of anilines is 1. The lowest BCUT2D eigenvalue weighted by Crippen LogP contribution is -2.42. The zero-order valence-electron chi connectivity index (χ0n) is 13.2. The van der Waals surface area contributed by atoms with Crippen molar-refractivity contribution < 1.29 is 14.3 Å². The van der Waals surface area contributed by atoms with Crippen molar-refractivity contribution in [2.75, 3.05) is 37.7 Å². The third kappa shape index (κ3) is 4.32. The highest BCUT2D eigenvalue weighted by atomic mass is 35.5. The van der Waals surface area contributed by atoms with Crippen molar-refractivity contribution in [3.8, 4) is 11.5 Å². The largest absolute Gasteiger partial charge is 0.492 e. The lowest BCUT2D eigenvalue weighted by Gasteiger charge is -2.30. The van der Waals surface area contributed by atoms with Gasteiger partial charge in [-0.1, -0.05) is 29.8 Å². The van der Waals surface area contributed by atoms with Crippen LogP contribution < -0.4 is 19.7 Å². The van der Waals surface area contributed by atoms with Crippen LogP contribution in [0, 0.1) is 0 Å². The van der Waals surface area contributed by atoms with Gasteiger partial charge in [0.05, 0.1) is 25.3 Å². The van der Waals surface area contributed by atoms with Crippen molar-refractivity contribution in [2.24, 2.45) is 0 Å². The molecule has 0 bridgehead atoms. The summed E-state index contributed by atoms with van der Waals surface area (Å²) in [7, 11) is 0. The second-order valence-electron chi connectivity index (χ2n) is 5.39. The molecular formula is C18H19ClN2O3. The molecule has 0 saturated carbocycles. The van der Waals surface area contributed by atoms with Crippen molar-refractivity contribution in [2.45, 2.75) is 0 Å². The van der Waals surface area contributed by atoms with Crippen LogP contribution in [0.3, 0.4) is 0 Å². The maximum Gasteiger partial charge on any atom is 0.239 e. The number of carbonyl (C=O) groups excluding carboxylic acids is 1. The average Bonchev–Trinajstić information content (AvgIpc) is 2.59. The van der Waals surface area contributed by atoms with E-state index in [1.807, 2.05) is 41.3 Å². The van der Waals surface area contributed by atoms with E-state index in [0.717, 1.165) is 11.4 Å². The van der Waals surface area contributed by atoms with Gasteiger partial charge < -0.3 is 19.7 Å². The molecule has 24 heavy (non-hydrogen) atoms. The number of para-hydroxylation sites is 2. The Balaban J connectivity index is 1.43. The predicted octanol–water partition coefficient (Wildman–Crippen LogP) is 2.73. The molecular weight excluding hydrogens is 328 g/mol. The first-order valence-electron chi connectivity index (χ1n) is 7.84. The van der Waals surface area contributed by atoms with Gasteiger partial charge in [0.15, 0.2) is 0 Å². The van der Waals surface area contributed by atoms with E-state index in [1.165, 1.54) is 0 Å². The number of halogens is 1. The summed E-state index contributed by atoms with van der Waals surface area (Å²) in [5, 5.41) is 3.49. The van der Waals surface area contributed by atoms with E-state index in [0.29, 0.717) is 43.6 Å². The van der Waals surface area contributed by atoms with Crippen LogP contribution in [0.2, 0.25) is 5.02 Å². The highest BCUT2D eigenvalue weighted by Crippen LogP contribution is 2.30. The van der Waals surface area contributed by atoms with Gasteiger partial charge in [-0.2, -0.15) is 0 Å². The van der Waals surface area contributed by atoms with E-state index in [9.17, 15) is 4.79 Å². The summed E-state index contributed by atoms with van der Waals surface area (Å²) in [6.45, 7) is 2.42. The van der Waals surface area contributed by atoms with E-state index >= 15 is 0 Å². The molecule has 0 aromatic heterocycles. The van der Waals surface area contributed by atoms with Gasteiger partial charge in [-0.05, 0) is 30.3 Å². The van der Waals surface area contributed by atoms with Crippen LogP contribution in [-0.2, 0) is 4.79 Å². The zero-order valence-corrected chi connectivity index (χ0v) is 14.0. The fraction of sp³-hybridized carbons (Fsp3) is 0.278. The number of hydrogen-bond donors (Lipinski definition) is 1. The molecule has 1 heterocycles. The van der Waals surface area contributed by atoms with Gasteiger partial charge in [0.1, 0.15) is 24.7 Å². The normalized spacial score (nSPS) is 13.0. The molecule has 1 amide bonds. The number of benzene rings is 2. The summed E-state index contributed by atoms with van der Waals surface area (Å²) >= 11 is 5.89. The smallest absolute Gasteiger partial charge is 0.239 e. The molecule has 1 aliphatic heterocycles. The standard InChI is InChI=1S/C18H19ClN2O3/c19-14-4-3-5-15(12-14)23-10-8-20-18(22)13-21-9-11-24-17-7-2-1-6-16(17)21/h1-7,12H,8-11,13H2,(H,20,22). The molecule has 0 aliphatic carbocycles. The van der Waals surface area contributed by atoms with Crippen molar-refractivity contribution in [3.63, 3.8) is 0 Å². The van der Waals surface area contributed by atoms with Gasteiger partial charge in [-0.25, -0.2) is 0 Å². The van der Waals surface area contributed by atoms with Crippen LogP contribution in [0.4, 0.5) is 5.69 Å². The van der Waals surface area contributed by atoms with Crippen molar-refractivity contribution in [1.82, 2.24) is 5.32 Å². The summed E-state index contributed by atoms with van der Waals surface area (Å²) in [5.41, 5.74) is 0.953. The Kier molecular flexibility index (Phi) is 5.43. The molecule has 0 saturated heterocycles. The third-order valence-electron chi connectivity index (χ3n) is 3.65. The zero-order chi connectivity index (χ0) is 16.8. The van der Waals surface area contributed by atoms with Crippen molar-refractivity contribution in [3.05, 3.63) is 53.6 Å². The lowest BCUT2D eigenvalue weighted by atomic mass is 10.2. The van der Waals surface area contributed by atoms with Crippen LogP contribution in [0.5, 0.6) is 11.5 Å².